The number of halogens is 1. The summed E-state index contributed by atoms with van der Waals surface area (Å²) < 4.78 is 45.6. The maximum atomic E-state index is 13.5. The highest BCUT2D eigenvalue weighted by atomic mass is 32.2. The number of nitrogens with one attached hydrogen (secondary N) is 1. The first-order valence-electron chi connectivity index (χ1n) is 5.96. The summed E-state index contributed by atoms with van der Waals surface area (Å²) >= 11 is 4.69. The summed E-state index contributed by atoms with van der Waals surface area (Å²) in [7, 11) is -3.85. The maximum Gasteiger partial charge on any atom is 0.241 e. The molecule has 0 fully saturated rings. The van der Waals surface area contributed by atoms with Gasteiger partial charge in [-0.25, -0.2) is 17.5 Å². The Bertz CT molecular complexity index is 758. The van der Waals surface area contributed by atoms with Crippen molar-refractivity contribution in [1.82, 2.24) is 4.72 Å². The predicted molar refractivity (Wildman–Crippen MR) is 79.7 cm³/mol. The molecule has 2 rings (SSSR count). The molecule has 0 saturated heterocycles. The summed E-state index contributed by atoms with van der Waals surface area (Å²) in [6, 6.07) is 6.01. The van der Waals surface area contributed by atoms with E-state index in [1.54, 1.807) is 19.1 Å². The van der Waals surface area contributed by atoms with Crippen molar-refractivity contribution in [1.29, 1.82) is 0 Å². The molecule has 0 spiro atoms. The van der Waals surface area contributed by atoms with Crippen molar-refractivity contribution in [3.8, 4) is 0 Å². The van der Waals surface area contributed by atoms with E-state index in [-0.39, 0.29) is 15.4 Å². The van der Waals surface area contributed by atoms with Crippen LogP contribution in [0.1, 0.15) is 24.3 Å². The summed E-state index contributed by atoms with van der Waals surface area (Å²) in [5, 5.41) is 0. The van der Waals surface area contributed by atoms with E-state index in [1.807, 2.05) is 0 Å². The van der Waals surface area contributed by atoms with Gasteiger partial charge in [-0.3, -0.25) is 0 Å². The Morgan fingerprint density at radius 2 is 2.14 bits per heavy atom. The number of hydrogen-bond donors (Lipinski definition) is 2. The highest BCUT2D eigenvalue weighted by Crippen LogP contribution is 2.19. The summed E-state index contributed by atoms with van der Waals surface area (Å²) in [4.78, 5) is -0.325. The van der Waals surface area contributed by atoms with Gasteiger partial charge in [0.1, 0.15) is 16.6 Å². The fraction of sp³-hybridized carbons (Fsp3) is 0.154. The zero-order chi connectivity index (χ0) is 15.6. The zero-order valence-corrected chi connectivity index (χ0v) is 12.7. The fourth-order valence-electron chi connectivity index (χ4n) is 1.76. The van der Waals surface area contributed by atoms with Gasteiger partial charge >= 0.3 is 0 Å². The summed E-state index contributed by atoms with van der Waals surface area (Å²) in [5.74, 6) is -0.198. The molecule has 0 bridgehead atoms. The molecule has 1 heterocycles. The number of nitrogens with two attached hydrogens (primary N) is 1. The van der Waals surface area contributed by atoms with Crippen molar-refractivity contribution in [3.63, 3.8) is 0 Å². The van der Waals surface area contributed by atoms with Crippen LogP contribution in [-0.2, 0) is 10.0 Å². The first kappa shape index (κ1) is 15.6. The lowest BCUT2D eigenvalue weighted by Crippen LogP contribution is -2.27. The van der Waals surface area contributed by atoms with Gasteiger partial charge in [0, 0.05) is 5.56 Å². The third kappa shape index (κ3) is 3.46. The molecule has 0 amide bonds. The van der Waals surface area contributed by atoms with Crippen molar-refractivity contribution in [2.75, 3.05) is 0 Å². The van der Waals surface area contributed by atoms with E-state index < -0.39 is 21.9 Å². The Morgan fingerprint density at radius 3 is 2.71 bits per heavy atom. The Kier molecular flexibility index (Phi) is 4.40. The van der Waals surface area contributed by atoms with Crippen LogP contribution >= 0.6 is 12.2 Å². The van der Waals surface area contributed by atoms with Gasteiger partial charge in [-0.2, -0.15) is 0 Å². The summed E-state index contributed by atoms with van der Waals surface area (Å²) in [5.41, 5.74) is 5.25. The minimum absolute atomic E-state index is 0.112. The molecule has 0 aliphatic heterocycles. The van der Waals surface area contributed by atoms with Gasteiger partial charge in [-0.1, -0.05) is 12.2 Å². The quantitative estimate of drug-likeness (QED) is 0.821. The van der Waals surface area contributed by atoms with E-state index in [4.69, 9.17) is 22.4 Å². The molecule has 0 aliphatic carbocycles. The number of rotatable bonds is 5. The topological polar surface area (TPSA) is 85.3 Å². The van der Waals surface area contributed by atoms with Crippen LogP contribution in [0.4, 0.5) is 4.39 Å². The molecule has 1 aromatic carbocycles. The minimum atomic E-state index is -3.85. The van der Waals surface area contributed by atoms with Crippen molar-refractivity contribution in [3.05, 3.63) is 53.7 Å². The third-order valence-electron chi connectivity index (χ3n) is 2.82. The van der Waals surface area contributed by atoms with Gasteiger partial charge in [0.15, 0.2) is 0 Å². The second-order valence-electron chi connectivity index (χ2n) is 4.36. The summed E-state index contributed by atoms with van der Waals surface area (Å²) in [6.45, 7) is 1.63. The van der Waals surface area contributed by atoms with Crippen LogP contribution in [0.3, 0.4) is 0 Å². The molecule has 1 aromatic heterocycles. The Labute approximate surface area is 127 Å². The Hall–Kier alpha value is -1.77. The van der Waals surface area contributed by atoms with E-state index >= 15 is 0 Å². The molecule has 3 N–H and O–H groups in total. The number of thiocarbonyl (C=S) groups is 1. The molecule has 112 valence electrons. The number of furan rings is 1. The zero-order valence-electron chi connectivity index (χ0n) is 11.0. The molecule has 21 heavy (non-hydrogen) atoms. The van der Waals surface area contributed by atoms with Crippen LogP contribution < -0.4 is 10.5 Å². The number of sulfonamides is 1. The van der Waals surface area contributed by atoms with Gasteiger partial charge in [0.25, 0.3) is 0 Å². The van der Waals surface area contributed by atoms with Crippen LogP contribution in [0.5, 0.6) is 0 Å². The highest BCUT2D eigenvalue weighted by molar-refractivity contribution is 7.89. The molecule has 2 aromatic rings. The van der Waals surface area contributed by atoms with Crippen LogP contribution in [0.15, 0.2) is 45.9 Å². The minimum Gasteiger partial charge on any atom is -0.468 e. The highest BCUT2D eigenvalue weighted by Gasteiger charge is 2.21. The van der Waals surface area contributed by atoms with Crippen LogP contribution in [0.25, 0.3) is 0 Å². The molecule has 8 heteroatoms. The first-order chi connectivity index (χ1) is 9.81. The SMILES string of the molecule is CC(NS(=O)(=O)c1ccc(F)c(C(N)=S)c1)c1ccco1. The molecule has 1 unspecified atom stereocenters. The molecule has 0 radical (unpaired) electrons. The first-order valence-corrected chi connectivity index (χ1v) is 7.85. The lowest BCUT2D eigenvalue weighted by molar-refractivity contribution is 0.459. The van der Waals surface area contributed by atoms with Gasteiger partial charge in [-0.05, 0) is 37.3 Å². The van der Waals surface area contributed by atoms with Crippen molar-refractivity contribution >= 4 is 27.2 Å². The normalized spacial score (nSPS) is 13.0. The molecule has 1 atom stereocenters. The van der Waals surface area contributed by atoms with Crippen molar-refractivity contribution in [2.24, 2.45) is 5.73 Å². The second-order valence-corrected chi connectivity index (χ2v) is 6.52. The smallest absolute Gasteiger partial charge is 0.241 e. The standard InChI is InChI=1S/C13H13FN2O3S2/c1-8(12-3-2-6-19-12)16-21(17,18)9-4-5-11(14)10(7-9)13(15)20/h2-8,16H,1H3,(H2,15,20). The fourth-order valence-corrected chi connectivity index (χ4v) is 3.15. The van der Waals surface area contributed by atoms with E-state index in [1.165, 1.54) is 6.26 Å². The predicted octanol–water partition coefficient (Wildman–Crippen LogP) is 2.09. The molecule has 0 saturated carbocycles. The average molecular weight is 328 g/mol. The third-order valence-corrected chi connectivity index (χ3v) is 4.57. The largest absolute Gasteiger partial charge is 0.468 e. The number of hydrogen-bond acceptors (Lipinski definition) is 4. The lowest BCUT2D eigenvalue weighted by Gasteiger charge is -2.13. The molecule has 5 nitrogen and oxygen atoms in total. The Balaban J connectivity index is 2.32. The average Bonchev–Trinajstić information content (AvgIpc) is 2.92. The van der Waals surface area contributed by atoms with Crippen LogP contribution in [0.2, 0.25) is 0 Å². The molecule has 0 aliphatic rings. The van der Waals surface area contributed by atoms with Gasteiger partial charge < -0.3 is 10.2 Å². The van der Waals surface area contributed by atoms with E-state index in [0.29, 0.717) is 5.76 Å². The van der Waals surface area contributed by atoms with E-state index in [9.17, 15) is 12.8 Å². The van der Waals surface area contributed by atoms with Crippen LogP contribution in [-0.4, -0.2) is 13.4 Å². The maximum absolute atomic E-state index is 13.5. The Morgan fingerprint density at radius 1 is 1.43 bits per heavy atom. The van der Waals surface area contributed by atoms with Gasteiger partial charge in [0.05, 0.1) is 17.2 Å². The second kappa shape index (κ2) is 5.92. The van der Waals surface area contributed by atoms with Gasteiger partial charge in [0.2, 0.25) is 10.0 Å². The number of benzene rings is 1. The van der Waals surface area contributed by atoms with Crippen LogP contribution in [0, 0.1) is 5.82 Å². The van der Waals surface area contributed by atoms with Gasteiger partial charge in [-0.15, -0.1) is 0 Å². The lowest BCUT2D eigenvalue weighted by atomic mass is 10.2. The van der Waals surface area contributed by atoms with E-state index in [2.05, 4.69) is 4.72 Å². The monoisotopic (exact) mass is 328 g/mol. The summed E-state index contributed by atoms with van der Waals surface area (Å²) in [6.07, 6.45) is 1.45. The van der Waals surface area contributed by atoms with E-state index in [0.717, 1.165) is 18.2 Å². The molecular formula is C13H13FN2O3S2. The molecular weight excluding hydrogens is 315 g/mol. The van der Waals surface area contributed by atoms with Crippen molar-refractivity contribution in [2.45, 2.75) is 17.9 Å². The van der Waals surface area contributed by atoms with Crippen molar-refractivity contribution < 1.29 is 17.2 Å².